The number of rotatable bonds is 3. The summed E-state index contributed by atoms with van der Waals surface area (Å²) in [6.07, 6.45) is 0. The molecule has 7 nitrogen and oxygen atoms in total. The minimum atomic E-state index is -1.24. The second-order valence-electron chi connectivity index (χ2n) is 7.96. The van der Waals surface area contributed by atoms with Crippen LogP contribution < -0.4 is 5.32 Å². The fourth-order valence-corrected chi connectivity index (χ4v) is 4.55. The summed E-state index contributed by atoms with van der Waals surface area (Å²) in [6, 6.07) is 18.2. The van der Waals surface area contributed by atoms with Crippen LogP contribution in [0.25, 0.3) is 0 Å². The van der Waals surface area contributed by atoms with Crippen molar-refractivity contribution >= 4 is 17.5 Å². The molecule has 0 radical (unpaired) electrons. The average Bonchev–Trinajstić information content (AvgIpc) is 3.12. The van der Waals surface area contributed by atoms with Crippen molar-refractivity contribution in [2.45, 2.75) is 5.41 Å². The SMILES string of the molecule is O=C(c1ccc2c(c1)C(c1ccc(O)cc1)(c1ccc(O)cc1)C(=O)N2)N1CCOCC1. The quantitative estimate of drug-likeness (QED) is 0.594. The molecule has 32 heavy (non-hydrogen) atoms. The van der Waals surface area contributed by atoms with Gasteiger partial charge in [0.05, 0.1) is 13.2 Å². The van der Waals surface area contributed by atoms with E-state index in [1.54, 1.807) is 47.4 Å². The Hall–Kier alpha value is -3.84. The average molecular weight is 430 g/mol. The number of carbonyl (C=O) groups is 2. The van der Waals surface area contributed by atoms with Crippen LogP contribution in [0.3, 0.4) is 0 Å². The van der Waals surface area contributed by atoms with Gasteiger partial charge in [-0.2, -0.15) is 0 Å². The van der Waals surface area contributed by atoms with Gasteiger partial charge in [-0.1, -0.05) is 24.3 Å². The predicted octanol–water partition coefficient (Wildman–Crippen LogP) is 2.86. The van der Waals surface area contributed by atoms with Crippen LogP contribution in [0, 0.1) is 0 Å². The maximum Gasteiger partial charge on any atom is 0.254 e. The first kappa shape index (κ1) is 20.1. The van der Waals surface area contributed by atoms with Gasteiger partial charge in [0.2, 0.25) is 5.91 Å². The fraction of sp³-hybridized carbons (Fsp3) is 0.200. The number of aromatic hydroxyl groups is 2. The molecular weight excluding hydrogens is 408 g/mol. The topological polar surface area (TPSA) is 99.1 Å². The molecule has 5 rings (SSSR count). The van der Waals surface area contributed by atoms with E-state index in [0.29, 0.717) is 54.2 Å². The third kappa shape index (κ3) is 3.09. The number of carbonyl (C=O) groups excluding carboxylic acids is 2. The first-order chi connectivity index (χ1) is 15.5. The molecule has 162 valence electrons. The lowest BCUT2D eigenvalue weighted by molar-refractivity contribution is -0.118. The molecule has 0 bridgehead atoms. The van der Waals surface area contributed by atoms with Gasteiger partial charge in [0.15, 0.2) is 0 Å². The third-order valence-electron chi connectivity index (χ3n) is 6.16. The lowest BCUT2D eigenvalue weighted by Gasteiger charge is -2.30. The van der Waals surface area contributed by atoms with Crippen molar-refractivity contribution in [1.82, 2.24) is 4.90 Å². The number of nitrogens with one attached hydrogen (secondary N) is 1. The van der Waals surface area contributed by atoms with Crippen LogP contribution in [0.1, 0.15) is 27.0 Å². The van der Waals surface area contributed by atoms with E-state index in [2.05, 4.69) is 5.32 Å². The minimum absolute atomic E-state index is 0.0875. The van der Waals surface area contributed by atoms with Crippen molar-refractivity contribution in [1.29, 1.82) is 0 Å². The minimum Gasteiger partial charge on any atom is -0.508 e. The molecule has 1 saturated heterocycles. The molecule has 0 saturated carbocycles. The highest BCUT2D eigenvalue weighted by Crippen LogP contribution is 2.48. The van der Waals surface area contributed by atoms with Crippen molar-refractivity contribution < 1.29 is 24.5 Å². The molecule has 2 aliphatic heterocycles. The Bertz CT molecular complexity index is 1140. The second-order valence-corrected chi connectivity index (χ2v) is 7.96. The molecular formula is C25H22N2O5. The van der Waals surface area contributed by atoms with Crippen molar-refractivity contribution in [2.75, 3.05) is 31.6 Å². The van der Waals surface area contributed by atoms with E-state index in [0.717, 1.165) is 0 Å². The van der Waals surface area contributed by atoms with Crippen LogP contribution in [0.15, 0.2) is 66.7 Å². The fourth-order valence-electron chi connectivity index (χ4n) is 4.55. The highest BCUT2D eigenvalue weighted by atomic mass is 16.5. The van der Waals surface area contributed by atoms with Crippen LogP contribution in [0.5, 0.6) is 11.5 Å². The molecule has 3 aromatic rings. The normalized spacial score (nSPS) is 17.0. The van der Waals surface area contributed by atoms with E-state index in [1.165, 1.54) is 24.3 Å². The molecule has 1 fully saturated rings. The molecule has 0 spiro atoms. The number of ether oxygens (including phenoxy) is 1. The van der Waals surface area contributed by atoms with Gasteiger partial charge < -0.3 is 25.2 Å². The van der Waals surface area contributed by atoms with Gasteiger partial charge >= 0.3 is 0 Å². The van der Waals surface area contributed by atoms with Crippen LogP contribution in [-0.4, -0.2) is 53.2 Å². The Morgan fingerprint density at radius 1 is 0.875 bits per heavy atom. The summed E-state index contributed by atoms with van der Waals surface area (Å²) < 4.78 is 5.35. The van der Waals surface area contributed by atoms with E-state index >= 15 is 0 Å². The molecule has 3 aromatic carbocycles. The molecule has 7 heteroatoms. The Balaban J connectivity index is 1.70. The molecule has 3 N–H and O–H groups in total. The number of amides is 2. The van der Waals surface area contributed by atoms with Gasteiger partial charge in [-0.25, -0.2) is 0 Å². The number of morpholine rings is 1. The van der Waals surface area contributed by atoms with Crippen LogP contribution in [0.2, 0.25) is 0 Å². The van der Waals surface area contributed by atoms with Crippen LogP contribution >= 0.6 is 0 Å². The Morgan fingerprint density at radius 3 is 2.00 bits per heavy atom. The lowest BCUT2D eigenvalue weighted by atomic mass is 9.70. The summed E-state index contributed by atoms with van der Waals surface area (Å²) in [5.41, 5.74) is 1.82. The first-order valence-corrected chi connectivity index (χ1v) is 10.4. The monoisotopic (exact) mass is 430 g/mol. The maximum absolute atomic E-state index is 13.6. The van der Waals surface area contributed by atoms with Crippen molar-refractivity contribution in [3.05, 3.63) is 89.0 Å². The number of hydrogen-bond donors (Lipinski definition) is 3. The van der Waals surface area contributed by atoms with Crippen LogP contribution in [-0.2, 0) is 14.9 Å². The Kier molecular flexibility index (Phi) is 4.83. The number of phenolic OH excluding ortho intramolecular Hbond substituents is 2. The summed E-state index contributed by atoms with van der Waals surface area (Å²) >= 11 is 0. The largest absolute Gasteiger partial charge is 0.508 e. The van der Waals surface area contributed by atoms with Crippen LogP contribution in [0.4, 0.5) is 5.69 Å². The van der Waals surface area contributed by atoms with E-state index in [9.17, 15) is 19.8 Å². The van der Waals surface area contributed by atoms with E-state index in [1.807, 2.05) is 0 Å². The highest BCUT2D eigenvalue weighted by Gasteiger charge is 2.50. The zero-order valence-corrected chi connectivity index (χ0v) is 17.2. The van der Waals surface area contributed by atoms with E-state index < -0.39 is 5.41 Å². The predicted molar refractivity (Wildman–Crippen MR) is 118 cm³/mol. The number of hydrogen-bond acceptors (Lipinski definition) is 5. The van der Waals surface area contributed by atoms with E-state index in [4.69, 9.17) is 4.74 Å². The lowest BCUT2D eigenvalue weighted by Crippen LogP contribution is -2.41. The summed E-state index contributed by atoms with van der Waals surface area (Å²) in [5.74, 6) is -0.199. The maximum atomic E-state index is 13.6. The molecule has 0 unspecified atom stereocenters. The standard InChI is InChI=1S/C25H22N2O5/c28-19-6-2-17(3-7-19)25(18-4-8-20(29)9-5-18)21-15-16(1-10-22(21)26-24(25)31)23(30)27-11-13-32-14-12-27/h1-10,15,28-29H,11-14H2,(H,26,31). The molecule has 2 amide bonds. The Morgan fingerprint density at radius 2 is 1.44 bits per heavy atom. The molecule has 2 heterocycles. The number of fused-ring (bicyclic) bond motifs is 1. The smallest absolute Gasteiger partial charge is 0.254 e. The molecule has 0 atom stereocenters. The van der Waals surface area contributed by atoms with Gasteiger partial charge in [-0.05, 0) is 53.6 Å². The van der Waals surface area contributed by atoms with Crippen molar-refractivity contribution in [3.63, 3.8) is 0 Å². The molecule has 0 aliphatic carbocycles. The second kappa shape index (κ2) is 7.69. The van der Waals surface area contributed by atoms with Gasteiger partial charge in [-0.15, -0.1) is 0 Å². The molecule has 0 aromatic heterocycles. The summed E-state index contributed by atoms with van der Waals surface area (Å²) in [6.45, 7) is 2.05. The zero-order chi connectivity index (χ0) is 22.3. The van der Waals surface area contributed by atoms with Gasteiger partial charge in [0.25, 0.3) is 5.91 Å². The number of benzene rings is 3. The highest BCUT2D eigenvalue weighted by molar-refractivity contribution is 6.12. The summed E-state index contributed by atoms with van der Waals surface area (Å²) in [5, 5.41) is 22.6. The third-order valence-corrected chi connectivity index (χ3v) is 6.16. The number of nitrogens with zero attached hydrogens (tertiary/aromatic N) is 1. The zero-order valence-electron chi connectivity index (χ0n) is 17.2. The summed E-state index contributed by atoms with van der Waals surface area (Å²) in [7, 11) is 0. The first-order valence-electron chi connectivity index (χ1n) is 10.4. The number of anilines is 1. The van der Waals surface area contributed by atoms with Crippen molar-refractivity contribution in [2.24, 2.45) is 0 Å². The van der Waals surface area contributed by atoms with Gasteiger partial charge in [0, 0.05) is 29.9 Å². The van der Waals surface area contributed by atoms with Gasteiger partial charge in [0.1, 0.15) is 16.9 Å². The Labute approximate surface area is 184 Å². The molecule has 2 aliphatic rings. The number of phenols is 2. The van der Waals surface area contributed by atoms with E-state index in [-0.39, 0.29) is 23.3 Å². The van der Waals surface area contributed by atoms with Crippen molar-refractivity contribution in [3.8, 4) is 11.5 Å². The van der Waals surface area contributed by atoms with Gasteiger partial charge in [-0.3, -0.25) is 9.59 Å². The summed E-state index contributed by atoms with van der Waals surface area (Å²) in [4.78, 5) is 28.5.